The van der Waals surface area contributed by atoms with Crippen molar-refractivity contribution in [2.24, 2.45) is 0 Å². The van der Waals surface area contributed by atoms with Crippen molar-refractivity contribution in [3.05, 3.63) is 78.3 Å². The lowest BCUT2D eigenvalue weighted by molar-refractivity contribution is 0.192. The number of nitrogens with one attached hydrogen (secondary N) is 2. The van der Waals surface area contributed by atoms with Crippen molar-refractivity contribution in [2.45, 2.75) is 25.2 Å². The van der Waals surface area contributed by atoms with Crippen LogP contribution in [0, 0.1) is 11.6 Å². The fourth-order valence-electron chi connectivity index (χ4n) is 3.70. The van der Waals surface area contributed by atoms with Gasteiger partial charge < -0.3 is 30.0 Å². The van der Waals surface area contributed by atoms with Crippen molar-refractivity contribution in [1.82, 2.24) is 15.3 Å². The maximum absolute atomic E-state index is 15.0. The highest BCUT2D eigenvalue weighted by molar-refractivity contribution is 5.86. The van der Waals surface area contributed by atoms with Crippen LogP contribution in [0.3, 0.4) is 0 Å². The van der Waals surface area contributed by atoms with Crippen LogP contribution in [0.25, 0.3) is 10.9 Å². The zero-order chi connectivity index (χ0) is 25.8. The molecule has 3 N–H and O–H groups in total. The Hall–Kier alpha value is -4.02. The van der Waals surface area contributed by atoms with Crippen LogP contribution in [0.1, 0.15) is 24.8 Å². The largest absolute Gasteiger partial charge is 0.492 e. The Kier molecular flexibility index (Phi) is 7.29. The molecule has 1 aliphatic carbocycles. The Bertz CT molecular complexity index is 1380. The van der Waals surface area contributed by atoms with Gasteiger partial charge in [0.1, 0.15) is 29.5 Å². The van der Waals surface area contributed by atoms with E-state index in [1.165, 1.54) is 18.5 Å². The molecule has 1 unspecified atom stereocenters. The summed E-state index contributed by atoms with van der Waals surface area (Å²) >= 11 is 0. The average molecular weight is 509 g/mol. The number of ether oxygens (including phenoxy) is 3. The predicted octanol–water partition coefficient (Wildman–Crippen LogP) is 4.94. The topological polar surface area (TPSA) is 97.8 Å². The van der Waals surface area contributed by atoms with Crippen LogP contribution in [-0.4, -0.2) is 41.4 Å². The average Bonchev–Trinajstić information content (AvgIpc) is 3.71. The summed E-state index contributed by atoms with van der Waals surface area (Å²) in [6, 6.07) is 12.2. The minimum Gasteiger partial charge on any atom is -0.492 e. The molecule has 8 nitrogen and oxygen atoms in total. The molecule has 0 radical (unpaired) electrons. The molecule has 2 aromatic carbocycles. The standard InChI is InChI=1S/C27H26F2N4O4/c1-30-11-12-35-18-6-7-19-22(15-18)31-10-8-23(19)37-26-20(28)13-16(14-21(26)29)33-27(34)25-24(3-2-9-32-25)36-17-4-5-17/h2-3,6-10,13-15,17,27,30,33-34H,4-5,11-12H2,1H3. The van der Waals surface area contributed by atoms with Gasteiger partial charge in [0, 0.05) is 48.2 Å². The van der Waals surface area contributed by atoms with E-state index in [0.29, 0.717) is 35.6 Å². The Morgan fingerprint density at radius 1 is 1.03 bits per heavy atom. The molecule has 0 spiro atoms. The lowest BCUT2D eigenvalue weighted by Crippen LogP contribution is -2.15. The molecule has 0 saturated heterocycles. The molecular formula is C27H26F2N4O4. The molecule has 5 rings (SSSR count). The van der Waals surface area contributed by atoms with Crippen molar-refractivity contribution in [1.29, 1.82) is 0 Å². The zero-order valence-corrected chi connectivity index (χ0v) is 20.1. The fourth-order valence-corrected chi connectivity index (χ4v) is 3.70. The van der Waals surface area contributed by atoms with Gasteiger partial charge in [-0.05, 0) is 50.2 Å². The predicted molar refractivity (Wildman–Crippen MR) is 134 cm³/mol. The molecule has 0 aliphatic heterocycles. The van der Waals surface area contributed by atoms with Crippen LogP contribution < -0.4 is 24.8 Å². The molecular weight excluding hydrogens is 482 g/mol. The monoisotopic (exact) mass is 508 g/mol. The van der Waals surface area contributed by atoms with E-state index in [9.17, 15) is 13.9 Å². The molecule has 10 heteroatoms. The number of anilines is 1. The van der Waals surface area contributed by atoms with E-state index in [2.05, 4.69) is 20.6 Å². The number of aliphatic hydroxyl groups excluding tert-OH is 1. The quantitative estimate of drug-likeness (QED) is 0.194. The first-order valence-corrected chi connectivity index (χ1v) is 11.9. The normalized spacial score (nSPS) is 13.8. The summed E-state index contributed by atoms with van der Waals surface area (Å²) in [5, 5.41) is 16.9. The van der Waals surface area contributed by atoms with Crippen LogP contribution in [0.4, 0.5) is 14.5 Å². The van der Waals surface area contributed by atoms with Crippen molar-refractivity contribution in [3.8, 4) is 23.0 Å². The van der Waals surface area contributed by atoms with Gasteiger partial charge in [0.15, 0.2) is 23.6 Å². The summed E-state index contributed by atoms with van der Waals surface area (Å²) < 4.78 is 47.0. The summed E-state index contributed by atoms with van der Waals surface area (Å²) in [4.78, 5) is 8.47. The molecule has 1 fully saturated rings. The van der Waals surface area contributed by atoms with Gasteiger partial charge in [-0.2, -0.15) is 0 Å². The second kappa shape index (κ2) is 10.9. The van der Waals surface area contributed by atoms with E-state index in [1.54, 1.807) is 30.3 Å². The minimum atomic E-state index is -1.34. The highest BCUT2D eigenvalue weighted by Gasteiger charge is 2.26. The van der Waals surface area contributed by atoms with Gasteiger partial charge in [-0.25, -0.2) is 8.78 Å². The summed E-state index contributed by atoms with van der Waals surface area (Å²) in [6.45, 7) is 1.17. The molecule has 192 valence electrons. The summed E-state index contributed by atoms with van der Waals surface area (Å²) in [5.41, 5.74) is 0.801. The van der Waals surface area contributed by atoms with Crippen LogP contribution in [0.2, 0.25) is 0 Å². The number of halogens is 2. The molecule has 0 bridgehead atoms. The Balaban J connectivity index is 1.34. The van der Waals surface area contributed by atoms with E-state index in [0.717, 1.165) is 25.0 Å². The first-order valence-electron chi connectivity index (χ1n) is 11.9. The van der Waals surface area contributed by atoms with E-state index in [-0.39, 0.29) is 23.2 Å². The number of nitrogens with zero attached hydrogens (tertiary/aromatic N) is 2. The second-order valence-corrected chi connectivity index (χ2v) is 8.56. The molecule has 1 saturated carbocycles. The lowest BCUT2D eigenvalue weighted by Gasteiger charge is -2.18. The van der Waals surface area contributed by atoms with E-state index < -0.39 is 23.6 Å². The van der Waals surface area contributed by atoms with Crippen molar-refractivity contribution >= 4 is 16.6 Å². The summed E-state index contributed by atoms with van der Waals surface area (Å²) in [5.74, 6) is -1.18. The van der Waals surface area contributed by atoms with E-state index in [4.69, 9.17) is 14.2 Å². The van der Waals surface area contributed by atoms with E-state index >= 15 is 0 Å². The van der Waals surface area contributed by atoms with Crippen LogP contribution in [0.15, 0.2) is 60.9 Å². The number of likely N-dealkylation sites (N-methyl/N-ethyl adjacent to an activating group) is 1. The van der Waals surface area contributed by atoms with Crippen LogP contribution in [-0.2, 0) is 0 Å². The van der Waals surface area contributed by atoms with Gasteiger partial charge in [-0.1, -0.05) is 0 Å². The third-order valence-electron chi connectivity index (χ3n) is 5.69. The number of fused-ring (bicyclic) bond motifs is 1. The number of hydrogen-bond acceptors (Lipinski definition) is 8. The molecule has 1 aliphatic rings. The second-order valence-electron chi connectivity index (χ2n) is 8.56. The van der Waals surface area contributed by atoms with Gasteiger partial charge in [0.05, 0.1) is 11.6 Å². The summed E-state index contributed by atoms with van der Waals surface area (Å²) in [6.07, 6.45) is 3.64. The van der Waals surface area contributed by atoms with Gasteiger partial charge >= 0.3 is 0 Å². The smallest absolute Gasteiger partial charge is 0.198 e. The minimum absolute atomic E-state index is 0.0146. The van der Waals surface area contributed by atoms with Gasteiger partial charge in [0.2, 0.25) is 0 Å². The molecule has 1 atom stereocenters. The Morgan fingerprint density at radius 2 is 1.84 bits per heavy atom. The zero-order valence-electron chi connectivity index (χ0n) is 20.1. The number of pyridine rings is 2. The molecule has 2 aromatic heterocycles. The first-order chi connectivity index (χ1) is 18.0. The van der Waals surface area contributed by atoms with Crippen molar-refractivity contribution in [3.63, 3.8) is 0 Å². The van der Waals surface area contributed by atoms with Crippen LogP contribution in [0.5, 0.6) is 23.0 Å². The maximum atomic E-state index is 15.0. The molecule has 2 heterocycles. The van der Waals surface area contributed by atoms with Crippen LogP contribution >= 0.6 is 0 Å². The lowest BCUT2D eigenvalue weighted by atomic mass is 10.2. The summed E-state index contributed by atoms with van der Waals surface area (Å²) in [7, 11) is 1.83. The number of aromatic nitrogens is 2. The van der Waals surface area contributed by atoms with Gasteiger partial charge in [0.25, 0.3) is 0 Å². The number of hydrogen-bond donors (Lipinski definition) is 3. The number of rotatable bonds is 11. The SMILES string of the molecule is CNCCOc1ccc2c(Oc3c(F)cc(NC(O)c4ncccc4OC4CC4)cc3F)ccnc2c1. The molecule has 37 heavy (non-hydrogen) atoms. The first kappa shape index (κ1) is 24.7. The number of benzene rings is 2. The highest BCUT2D eigenvalue weighted by atomic mass is 19.1. The number of aliphatic hydroxyl groups is 1. The van der Waals surface area contributed by atoms with Crippen molar-refractivity contribution in [2.75, 3.05) is 25.5 Å². The van der Waals surface area contributed by atoms with Crippen molar-refractivity contribution < 1.29 is 28.1 Å². The maximum Gasteiger partial charge on any atom is 0.198 e. The van der Waals surface area contributed by atoms with Gasteiger partial charge in [-0.15, -0.1) is 0 Å². The molecule has 4 aromatic rings. The Labute approximate surface area is 212 Å². The Morgan fingerprint density at radius 3 is 2.59 bits per heavy atom. The van der Waals surface area contributed by atoms with Gasteiger partial charge in [-0.3, -0.25) is 9.97 Å². The van der Waals surface area contributed by atoms with E-state index in [1.807, 2.05) is 7.05 Å². The fraction of sp³-hybridized carbons (Fsp3) is 0.259. The highest BCUT2D eigenvalue weighted by Crippen LogP contribution is 2.36. The third-order valence-corrected chi connectivity index (χ3v) is 5.69. The molecule has 0 amide bonds. The third kappa shape index (κ3) is 5.87.